The second-order valence-electron chi connectivity index (χ2n) is 3.52. The predicted octanol–water partition coefficient (Wildman–Crippen LogP) is 0.311. The Balaban J connectivity index is 2.05. The molecule has 3 heterocycles. The number of nitrogens with two attached hydrogens (primary N) is 1. The van der Waals surface area contributed by atoms with Gasteiger partial charge in [0.2, 0.25) is 0 Å². The van der Waals surface area contributed by atoms with Crippen LogP contribution in [0, 0.1) is 0 Å². The van der Waals surface area contributed by atoms with E-state index in [1.54, 1.807) is 11.3 Å². The van der Waals surface area contributed by atoms with Gasteiger partial charge in [-0.15, -0.1) is 11.3 Å². The minimum atomic E-state index is 0.331. The molecule has 2 atom stereocenters. The summed E-state index contributed by atoms with van der Waals surface area (Å²) in [6.45, 7) is 1.55. The largest absolute Gasteiger partial charge is 0.378 e. The number of morpholine rings is 1. The lowest BCUT2D eigenvalue weighted by molar-refractivity contribution is 0.0395. The molecule has 3 rings (SSSR count). The molecule has 1 aromatic rings. The van der Waals surface area contributed by atoms with Crippen molar-refractivity contribution < 1.29 is 4.74 Å². The third-order valence-electron chi connectivity index (χ3n) is 2.54. The van der Waals surface area contributed by atoms with Gasteiger partial charge in [-0.3, -0.25) is 0 Å². The van der Waals surface area contributed by atoms with Gasteiger partial charge in [0.1, 0.15) is 0 Å². The predicted molar refractivity (Wildman–Crippen MR) is 50.7 cm³/mol. The standard InChI is InChI=1S/C8H11N3OS/c9-8-11-5-1-4-2-12-3-6(10-4)7(5)13-8/h4,6,10H,1-3H2,(H2,9,11)/t4-,6-/m0/s1. The lowest BCUT2D eigenvalue weighted by Crippen LogP contribution is -2.48. The molecule has 0 radical (unpaired) electrons. The first-order valence-corrected chi connectivity index (χ1v) is 5.23. The smallest absolute Gasteiger partial charge is 0.180 e. The number of nitrogens with zero attached hydrogens (tertiary/aromatic N) is 1. The molecule has 0 amide bonds. The van der Waals surface area contributed by atoms with Crippen molar-refractivity contribution in [3.05, 3.63) is 10.6 Å². The second kappa shape index (κ2) is 2.67. The van der Waals surface area contributed by atoms with Gasteiger partial charge in [0.15, 0.2) is 5.13 Å². The molecule has 0 unspecified atom stereocenters. The average Bonchev–Trinajstić information content (AvgIpc) is 2.47. The monoisotopic (exact) mass is 197 g/mol. The first-order valence-electron chi connectivity index (χ1n) is 4.42. The van der Waals surface area contributed by atoms with E-state index in [1.165, 1.54) is 10.6 Å². The van der Waals surface area contributed by atoms with Gasteiger partial charge >= 0.3 is 0 Å². The minimum Gasteiger partial charge on any atom is -0.378 e. The quantitative estimate of drug-likeness (QED) is 0.628. The summed E-state index contributed by atoms with van der Waals surface area (Å²) in [5, 5.41) is 4.19. The molecule has 0 aliphatic carbocycles. The molecule has 2 bridgehead atoms. The molecular weight excluding hydrogens is 186 g/mol. The number of hydrogen-bond donors (Lipinski definition) is 2. The Morgan fingerprint density at radius 3 is 3.38 bits per heavy atom. The molecule has 0 saturated carbocycles. The van der Waals surface area contributed by atoms with Crippen molar-refractivity contribution in [1.29, 1.82) is 0 Å². The number of rotatable bonds is 0. The maximum Gasteiger partial charge on any atom is 0.180 e. The second-order valence-corrected chi connectivity index (χ2v) is 4.58. The molecule has 0 aromatic carbocycles. The zero-order valence-corrected chi connectivity index (χ0v) is 7.93. The first-order chi connectivity index (χ1) is 6.33. The van der Waals surface area contributed by atoms with Crippen molar-refractivity contribution in [2.45, 2.75) is 18.5 Å². The molecule has 0 spiro atoms. The summed E-state index contributed by atoms with van der Waals surface area (Å²) in [5.74, 6) is 0. The summed E-state index contributed by atoms with van der Waals surface area (Å²) in [5.41, 5.74) is 6.86. The van der Waals surface area contributed by atoms with Gasteiger partial charge in [0, 0.05) is 17.3 Å². The Hall–Kier alpha value is -0.650. The fourth-order valence-electron chi connectivity index (χ4n) is 2.01. The van der Waals surface area contributed by atoms with Gasteiger partial charge < -0.3 is 15.8 Å². The Kier molecular flexibility index (Phi) is 1.59. The van der Waals surface area contributed by atoms with E-state index in [0.717, 1.165) is 19.6 Å². The van der Waals surface area contributed by atoms with Crippen molar-refractivity contribution in [2.75, 3.05) is 18.9 Å². The molecule has 4 nitrogen and oxygen atoms in total. The molecule has 13 heavy (non-hydrogen) atoms. The van der Waals surface area contributed by atoms with E-state index >= 15 is 0 Å². The van der Waals surface area contributed by atoms with Crippen molar-refractivity contribution >= 4 is 16.5 Å². The van der Waals surface area contributed by atoms with E-state index in [0.29, 0.717) is 17.2 Å². The van der Waals surface area contributed by atoms with Crippen LogP contribution in [-0.4, -0.2) is 24.2 Å². The molecule has 1 aromatic heterocycles. The summed E-state index contributed by atoms with van der Waals surface area (Å²) in [4.78, 5) is 5.61. The molecule has 1 fully saturated rings. The molecular formula is C8H11N3OS. The lowest BCUT2D eigenvalue weighted by Gasteiger charge is -2.34. The van der Waals surface area contributed by atoms with Gasteiger partial charge in [-0.25, -0.2) is 4.98 Å². The van der Waals surface area contributed by atoms with Crippen LogP contribution in [0.2, 0.25) is 0 Å². The fourth-order valence-corrected chi connectivity index (χ4v) is 2.92. The van der Waals surface area contributed by atoms with E-state index in [2.05, 4.69) is 10.3 Å². The molecule has 5 heteroatoms. The van der Waals surface area contributed by atoms with Crippen LogP contribution in [0.1, 0.15) is 16.6 Å². The number of thiazole rings is 1. The van der Waals surface area contributed by atoms with Gasteiger partial charge in [-0.2, -0.15) is 0 Å². The van der Waals surface area contributed by atoms with Crippen molar-refractivity contribution in [2.24, 2.45) is 0 Å². The number of fused-ring (bicyclic) bond motifs is 4. The van der Waals surface area contributed by atoms with Crippen LogP contribution in [0.4, 0.5) is 5.13 Å². The van der Waals surface area contributed by atoms with Crippen molar-refractivity contribution in [3.63, 3.8) is 0 Å². The molecule has 3 N–H and O–H groups in total. The van der Waals surface area contributed by atoms with E-state index < -0.39 is 0 Å². The number of nitrogens with one attached hydrogen (secondary N) is 1. The Labute approximate surface area is 80.1 Å². The number of ether oxygens (including phenoxy) is 1. The number of nitrogen functional groups attached to an aromatic ring is 1. The SMILES string of the molecule is Nc1nc2c(s1)[C@@H]1COC[C@H](C2)N1. The van der Waals surface area contributed by atoms with Crippen LogP contribution >= 0.6 is 11.3 Å². The van der Waals surface area contributed by atoms with E-state index in [4.69, 9.17) is 10.5 Å². The summed E-state index contributed by atoms with van der Waals surface area (Å²) >= 11 is 1.58. The van der Waals surface area contributed by atoms with Crippen LogP contribution < -0.4 is 11.1 Å². The van der Waals surface area contributed by atoms with E-state index in [9.17, 15) is 0 Å². The summed E-state index contributed by atoms with van der Waals surface area (Å²) in [6, 6.07) is 0.769. The third-order valence-corrected chi connectivity index (χ3v) is 3.58. The topological polar surface area (TPSA) is 60.2 Å². The fraction of sp³-hybridized carbons (Fsp3) is 0.625. The molecule has 70 valence electrons. The van der Waals surface area contributed by atoms with Crippen molar-refractivity contribution in [1.82, 2.24) is 10.3 Å². The normalized spacial score (nSPS) is 31.4. The summed E-state index contributed by atoms with van der Waals surface area (Å²) in [7, 11) is 0. The van der Waals surface area contributed by atoms with Crippen LogP contribution in [0.5, 0.6) is 0 Å². The highest BCUT2D eigenvalue weighted by atomic mass is 32.1. The number of anilines is 1. The van der Waals surface area contributed by atoms with E-state index in [1.807, 2.05) is 0 Å². The van der Waals surface area contributed by atoms with Gasteiger partial charge in [-0.1, -0.05) is 0 Å². The van der Waals surface area contributed by atoms with Crippen LogP contribution in [-0.2, 0) is 11.2 Å². The Morgan fingerprint density at radius 1 is 1.54 bits per heavy atom. The minimum absolute atomic E-state index is 0.331. The highest BCUT2D eigenvalue weighted by molar-refractivity contribution is 7.15. The van der Waals surface area contributed by atoms with Gasteiger partial charge in [0.05, 0.1) is 24.9 Å². The molecule has 2 aliphatic heterocycles. The maximum absolute atomic E-state index is 5.68. The van der Waals surface area contributed by atoms with Crippen LogP contribution in [0.15, 0.2) is 0 Å². The van der Waals surface area contributed by atoms with E-state index in [-0.39, 0.29) is 0 Å². The Morgan fingerprint density at radius 2 is 2.46 bits per heavy atom. The highest BCUT2D eigenvalue weighted by Crippen LogP contribution is 2.33. The average molecular weight is 197 g/mol. The third kappa shape index (κ3) is 1.15. The molecule has 2 aliphatic rings. The highest BCUT2D eigenvalue weighted by Gasteiger charge is 2.32. The zero-order chi connectivity index (χ0) is 8.84. The van der Waals surface area contributed by atoms with Crippen LogP contribution in [0.3, 0.4) is 0 Å². The van der Waals surface area contributed by atoms with Gasteiger partial charge in [-0.05, 0) is 0 Å². The lowest BCUT2D eigenvalue weighted by atomic mass is 10.0. The molecule has 1 saturated heterocycles. The number of aromatic nitrogens is 1. The first kappa shape index (κ1) is 7.73. The summed E-state index contributed by atoms with van der Waals surface area (Å²) < 4.78 is 5.48. The van der Waals surface area contributed by atoms with Crippen LogP contribution in [0.25, 0.3) is 0 Å². The Bertz CT molecular complexity index is 338. The summed E-state index contributed by atoms with van der Waals surface area (Å²) in [6.07, 6.45) is 0.958. The maximum atomic E-state index is 5.68. The van der Waals surface area contributed by atoms with Gasteiger partial charge in [0.25, 0.3) is 0 Å². The number of hydrogen-bond acceptors (Lipinski definition) is 5. The van der Waals surface area contributed by atoms with Crippen molar-refractivity contribution in [3.8, 4) is 0 Å². The zero-order valence-electron chi connectivity index (χ0n) is 7.12.